The van der Waals surface area contributed by atoms with Crippen molar-refractivity contribution in [1.29, 1.82) is 0 Å². The van der Waals surface area contributed by atoms with E-state index >= 15 is 0 Å². The highest BCUT2D eigenvalue weighted by Gasteiger charge is 2.25. The van der Waals surface area contributed by atoms with E-state index in [1.54, 1.807) is 21.1 Å². The second kappa shape index (κ2) is 37.2. The van der Waals surface area contributed by atoms with Crippen LogP contribution in [0.4, 0.5) is 0 Å². The van der Waals surface area contributed by atoms with Crippen LogP contribution in [0.1, 0.15) is 174 Å². The first-order valence-electron chi connectivity index (χ1n) is 21.7. The Morgan fingerprint density at radius 2 is 0.981 bits per heavy atom. The number of esters is 2. The lowest BCUT2D eigenvalue weighted by atomic mass is 10.0. The van der Waals surface area contributed by atoms with Gasteiger partial charge in [-0.15, -0.1) is 0 Å². The van der Waals surface area contributed by atoms with Gasteiger partial charge in [0.25, 0.3) is 0 Å². The number of carboxylic acid groups (broad SMARTS) is 1. The number of hydrogen-bond donors (Lipinski definition) is 0. The van der Waals surface area contributed by atoms with E-state index in [-0.39, 0.29) is 49.1 Å². The molecule has 0 saturated carbocycles. The molecule has 0 radical (unpaired) electrons. The van der Waals surface area contributed by atoms with E-state index < -0.39 is 18.1 Å². The maximum absolute atomic E-state index is 12.6. The largest absolute Gasteiger partial charge is 0.544 e. The van der Waals surface area contributed by atoms with Gasteiger partial charge in [0, 0.05) is 19.3 Å². The van der Waals surface area contributed by atoms with Crippen LogP contribution < -0.4 is 5.11 Å². The highest BCUT2D eigenvalue weighted by atomic mass is 16.6. The molecule has 2 unspecified atom stereocenters. The van der Waals surface area contributed by atoms with Crippen molar-refractivity contribution in [2.75, 3.05) is 41.0 Å². The number of allylic oxidation sites excluding steroid dienone is 8. The molecule has 0 aliphatic rings. The van der Waals surface area contributed by atoms with Gasteiger partial charge in [0.15, 0.2) is 6.10 Å². The smallest absolute Gasteiger partial charge is 0.306 e. The second-order valence-corrected chi connectivity index (χ2v) is 15.5. The quantitative estimate of drug-likeness (QED) is 0.0267. The monoisotopic (exact) mass is 760 g/mol. The van der Waals surface area contributed by atoms with Crippen LogP contribution in [0.15, 0.2) is 48.6 Å². The summed E-state index contributed by atoms with van der Waals surface area (Å²) in [6, 6.07) is -0.730. The highest BCUT2D eigenvalue weighted by Crippen LogP contribution is 2.15. The zero-order valence-corrected chi connectivity index (χ0v) is 35.4. The number of rotatable bonds is 38. The van der Waals surface area contributed by atoms with E-state index in [1.165, 1.54) is 77.0 Å². The molecule has 0 aliphatic heterocycles. The van der Waals surface area contributed by atoms with E-state index in [0.29, 0.717) is 12.8 Å². The Labute approximate surface area is 331 Å². The minimum absolute atomic E-state index is 0.0275. The topological polar surface area (TPSA) is 102 Å². The van der Waals surface area contributed by atoms with Crippen molar-refractivity contribution in [3.8, 4) is 0 Å². The molecule has 312 valence electrons. The number of unbranched alkanes of at least 4 members (excludes halogenated alkanes) is 16. The number of likely N-dealkylation sites (N-methyl/N-ethyl adjacent to an activating group) is 1. The predicted molar refractivity (Wildman–Crippen MR) is 222 cm³/mol. The third-order valence-electron chi connectivity index (χ3n) is 9.46. The van der Waals surface area contributed by atoms with Crippen molar-refractivity contribution in [2.45, 2.75) is 187 Å². The minimum atomic E-state index is -1.13. The molecule has 2 atom stereocenters. The summed E-state index contributed by atoms with van der Waals surface area (Å²) in [4.78, 5) is 36.7. The van der Waals surface area contributed by atoms with Crippen LogP contribution in [0.25, 0.3) is 0 Å². The summed E-state index contributed by atoms with van der Waals surface area (Å²) in [5.74, 6) is -1.78. The van der Waals surface area contributed by atoms with Crippen molar-refractivity contribution in [3.05, 3.63) is 48.6 Å². The molecule has 0 aromatic carbocycles. The summed E-state index contributed by atoms with van der Waals surface area (Å²) in [7, 11) is 5.39. The third kappa shape index (κ3) is 35.0. The lowest BCUT2D eigenvalue weighted by Gasteiger charge is -2.34. The van der Waals surface area contributed by atoms with Crippen LogP contribution in [0.5, 0.6) is 0 Å². The van der Waals surface area contributed by atoms with E-state index in [2.05, 4.69) is 62.5 Å². The summed E-state index contributed by atoms with van der Waals surface area (Å²) < 4.78 is 17.1. The van der Waals surface area contributed by atoms with Gasteiger partial charge in [0.05, 0.1) is 40.3 Å². The number of nitrogens with zero attached hydrogens (tertiary/aromatic N) is 1. The summed E-state index contributed by atoms with van der Waals surface area (Å²) in [6.45, 7) is 4.39. The number of hydrogen-bond acceptors (Lipinski definition) is 7. The maximum atomic E-state index is 12.6. The number of quaternary nitrogens is 1. The maximum Gasteiger partial charge on any atom is 0.306 e. The summed E-state index contributed by atoms with van der Waals surface area (Å²) in [5.41, 5.74) is 0. The van der Waals surface area contributed by atoms with E-state index in [4.69, 9.17) is 14.2 Å². The Kier molecular flexibility index (Phi) is 35.4. The average molecular weight is 760 g/mol. The van der Waals surface area contributed by atoms with E-state index in [9.17, 15) is 19.5 Å². The Morgan fingerprint density at radius 3 is 1.46 bits per heavy atom. The normalized spacial score (nSPS) is 13.4. The molecule has 0 fully saturated rings. The zero-order chi connectivity index (χ0) is 40.0. The summed E-state index contributed by atoms with van der Waals surface area (Å²) in [5, 5.41) is 11.6. The summed E-state index contributed by atoms with van der Waals surface area (Å²) in [6.07, 6.45) is 43.1. The molecule has 8 heteroatoms. The van der Waals surface area contributed by atoms with Crippen molar-refractivity contribution in [1.82, 2.24) is 0 Å². The fraction of sp³-hybridized carbons (Fsp3) is 0.761. The van der Waals surface area contributed by atoms with Crippen molar-refractivity contribution < 1.29 is 38.2 Å². The Bertz CT molecular complexity index is 1030. The van der Waals surface area contributed by atoms with Gasteiger partial charge in [0.1, 0.15) is 12.6 Å². The van der Waals surface area contributed by atoms with Crippen LogP contribution in [0.2, 0.25) is 0 Å². The van der Waals surface area contributed by atoms with Crippen LogP contribution in [0, 0.1) is 0 Å². The molecule has 0 saturated heterocycles. The van der Waals surface area contributed by atoms with Gasteiger partial charge >= 0.3 is 11.9 Å². The van der Waals surface area contributed by atoms with Crippen molar-refractivity contribution in [2.24, 2.45) is 0 Å². The molecule has 0 amide bonds. The second-order valence-electron chi connectivity index (χ2n) is 15.5. The molecule has 54 heavy (non-hydrogen) atoms. The van der Waals surface area contributed by atoms with Crippen molar-refractivity contribution in [3.63, 3.8) is 0 Å². The molecule has 0 spiro atoms. The SMILES string of the molecule is CC/C=C/C/C=C/CCCCCCCCCCCCCCCCC(=O)OCC(COCCC(C(=O)[O-])[N+](C)(C)C)OC(=O)CCCC/C=C/C/C=C/CC. The minimum Gasteiger partial charge on any atom is -0.544 e. The lowest BCUT2D eigenvalue weighted by Crippen LogP contribution is -2.55. The number of carbonyl (C=O) groups is 3. The van der Waals surface area contributed by atoms with Gasteiger partial charge in [0.2, 0.25) is 0 Å². The van der Waals surface area contributed by atoms with E-state index in [1.807, 2.05) is 0 Å². The molecule has 0 aliphatic carbocycles. The Balaban J connectivity index is 4.20. The third-order valence-corrected chi connectivity index (χ3v) is 9.46. The first kappa shape index (κ1) is 51.3. The molecule has 0 rings (SSSR count). The first-order chi connectivity index (χ1) is 26.1. The molecule has 0 N–H and O–H groups in total. The van der Waals surface area contributed by atoms with Crippen LogP contribution in [-0.4, -0.2) is 75.5 Å². The highest BCUT2D eigenvalue weighted by molar-refractivity contribution is 5.70. The van der Waals surface area contributed by atoms with Gasteiger partial charge in [-0.1, -0.05) is 140 Å². The number of aliphatic carboxylic acids is 1. The first-order valence-corrected chi connectivity index (χ1v) is 21.7. The van der Waals surface area contributed by atoms with Crippen LogP contribution in [0.3, 0.4) is 0 Å². The zero-order valence-electron chi connectivity index (χ0n) is 35.4. The molecule has 0 aromatic rings. The molecular formula is C46H81NO7. The molecule has 8 nitrogen and oxygen atoms in total. The van der Waals surface area contributed by atoms with Gasteiger partial charge < -0.3 is 28.6 Å². The Hall–Kier alpha value is -2.71. The van der Waals surface area contributed by atoms with Crippen LogP contribution in [-0.2, 0) is 28.6 Å². The van der Waals surface area contributed by atoms with Gasteiger partial charge in [-0.05, 0) is 64.2 Å². The van der Waals surface area contributed by atoms with Gasteiger partial charge in [-0.25, -0.2) is 0 Å². The fourth-order valence-electron chi connectivity index (χ4n) is 6.15. The fourth-order valence-corrected chi connectivity index (χ4v) is 6.15. The summed E-state index contributed by atoms with van der Waals surface area (Å²) >= 11 is 0. The molecule has 0 aromatic heterocycles. The van der Waals surface area contributed by atoms with Crippen LogP contribution >= 0.6 is 0 Å². The number of ether oxygens (including phenoxy) is 3. The average Bonchev–Trinajstić information content (AvgIpc) is 3.12. The molecule has 0 heterocycles. The Morgan fingerprint density at radius 1 is 0.556 bits per heavy atom. The number of carboxylic acids is 1. The lowest BCUT2D eigenvalue weighted by molar-refractivity contribution is -0.889. The predicted octanol–water partition coefficient (Wildman–Crippen LogP) is 10.3. The molecule has 0 bridgehead atoms. The van der Waals surface area contributed by atoms with Gasteiger partial charge in [-0.3, -0.25) is 9.59 Å². The van der Waals surface area contributed by atoms with Gasteiger partial charge in [-0.2, -0.15) is 0 Å². The standard InChI is InChI=1S/C46H81NO7/c1-6-8-10-12-14-16-17-18-19-20-21-22-23-24-25-26-27-29-30-32-34-36-44(48)53-41-42(40-52-39-38-43(46(50)51)47(3,4)5)54-45(49)37-35-33-31-28-15-13-11-9-7-2/h8-11,14-16,28,42-43H,6-7,12-13,17-27,29-41H2,1-5H3/b10-8+,11-9+,16-14+,28-15+. The van der Waals surface area contributed by atoms with E-state index in [0.717, 1.165) is 57.8 Å². The van der Waals surface area contributed by atoms with Crippen molar-refractivity contribution >= 4 is 17.9 Å². The molecular weight excluding hydrogens is 679 g/mol. The number of carbonyl (C=O) groups excluding carboxylic acids is 3.